The quantitative estimate of drug-likeness (QED) is 0.399. The number of carbonyl (C=O) groups is 1. The molecule has 4 heterocycles. The Morgan fingerprint density at radius 3 is 2.76 bits per heavy atom. The molecule has 10 nitrogen and oxygen atoms in total. The predicted molar refractivity (Wildman–Crippen MR) is 126 cm³/mol. The Balaban J connectivity index is 1.19. The van der Waals surface area contributed by atoms with Crippen molar-refractivity contribution in [3.05, 3.63) is 54.2 Å². The van der Waals surface area contributed by atoms with Crippen LogP contribution in [0.4, 0.5) is 11.6 Å². The molecule has 3 aromatic heterocycles. The Kier molecular flexibility index (Phi) is 6.01. The molecule has 3 N–H and O–H groups in total. The summed E-state index contributed by atoms with van der Waals surface area (Å²) in [7, 11) is 1.73. The Morgan fingerprint density at radius 2 is 2.00 bits per heavy atom. The SMILES string of the molecule is COCCN1CCN(c2ccc(C(=O)Nc3cc(-c4nc5ccccc5[nH]4)[nH]n3)cn2)CC1. The van der Waals surface area contributed by atoms with Gasteiger partial charge in [0.1, 0.15) is 11.5 Å². The number of ether oxygens (including phenoxy) is 1. The summed E-state index contributed by atoms with van der Waals surface area (Å²) in [4.78, 5) is 29.6. The number of para-hydroxylation sites is 2. The zero-order chi connectivity index (χ0) is 22.6. The molecule has 0 spiro atoms. The van der Waals surface area contributed by atoms with Gasteiger partial charge in [0.15, 0.2) is 11.6 Å². The first-order chi connectivity index (χ1) is 16.2. The number of imidazole rings is 1. The Bertz CT molecular complexity index is 1190. The van der Waals surface area contributed by atoms with Crippen molar-refractivity contribution in [1.82, 2.24) is 30.0 Å². The summed E-state index contributed by atoms with van der Waals surface area (Å²) in [6.07, 6.45) is 1.61. The molecule has 1 fully saturated rings. The van der Waals surface area contributed by atoms with Crippen LogP contribution >= 0.6 is 0 Å². The zero-order valence-corrected chi connectivity index (χ0v) is 18.4. The summed E-state index contributed by atoms with van der Waals surface area (Å²) in [5.41, 5.74) is 2.98. The predicted octanol–water partition coefficient (Wildman–Crippen LogP) is 2.37. The molecule has 1 aliphatic heterocycles. The second kappa shape index (κ2) is 9.39. The van der Waals surface area contributed by atoms with Gasteiger partial charge in [0.25, 0.3) is 5.91 Å². The van der Waals surface area contributed by atoms with Gasteiger partial charge in [0, 0.05) is 52.1 Å². The number of benzene rings is 1. The van der Waals surface area contributed by atoms with Crippen molar-refractivity contribution >= 4 is 28.6 Å². The molecule has 0 bridgehead atoms. The van der Waals surface area contributed by atoms with E-state index in [0.717, 1.165) is 56.2 Å². The van der Waals surface area contributed by atoms with E-state index in [2.05, 4.69) is 40.3 Å². The molecule has 1 saturated heterocycles. The van der Waals surface area contributed by atoms with Crippen LogP contribution in [0.25, 0.3) is 22.6 Å². The van der Waals surface area contributed by atoms with Gasteiger partial charge in [-0.25, -0.2) is 9.97 Å². The van der Waals surface area contributed by atoms with Crippen molar-refractivity contribution in [1.29, 1.82) is 0 Å². The summed E-state index contributed by atoms with van der Waals surface area (Å²) < 4.78 is 5.15. The molecule has 4 aromatic rings. The molecule has 170 valence electrons. The van der Waals surface area contributed by atoms with E-state index >= 15 is 0 Å². The third-order valence-electron chi connectivity index (χ3n) is 5.78. The summed E-state index contributed by atoms with van der Waals surface area (Å²) in [6, 6.07) is 13.2. The number of nitrogens with zero attached hydrogens (tertiary/aromatic N) is 5. The molecule has 0 atom stereocenters. The molecule has 1 aliphatic rings. The standard InChI is InChI=1S/C23H26N8O2/c1-33-13-12-30-8-10-31(11-9-30)21-7-6-16(15-24-21)23(32)27-20-14-19(28-29-20)22-25-17-4-2-3-5-18(17)26-22/h2-7,14-15H,8-13H2,1H3,(H,25,26)(H2,27,28,29,32). The van der Waals surface area contributed by atoms with E-state index in [1.807, 2.05) is 30.3 Å². The average Bonchev–Trinajstić information content (AvgIpc) is 3.50. The molecule has 0 unspecified atom stereocenters. The second-order valence-electron chi connectivity index (χ2n) is 7.95. The number of hydrogen-bond acceptors (Lipinski definition) is 7. The maximum Gasteiger partial charge on any atom is 0.258 e. The third kappa shape index (κ3) is 4.71. The van der Waals surface area contributed by atoms with E-state index in [9.17, 15) is 4.79 Å². The molecule has 0 saturated carbocycles. The second-order valence-corrected chi connectivity index (χ2v) is 7.95. The minimum Gasteiger partial charge on any atom is -0.383 e. The lowest BCUT2D eigenvalue weighted by atomic mass is 10.2. The van der Waals surface area contributed by atoms with Gasteiger partial charge < -0.3 is 19.9 Å². The number of piperazine rings is 1. The highest BCUT2D eigenvalue weighted by Crippen LogP contribution is 2.21. The average molecular weight is 447 g/mol. The molecule has 5 rings (SSSR count). The number of amides is 1. The van der Waals surface area contributed by atoms with E-state index in [1.54, 1.807) is 25.4 Å². The van der Waals surface area contributed by atoms with Crippen molar-refractivity contribution in [3.63, 3.8) is 0 Å². The van der Waals surface area contributed by atoms with Gasteiger partial charge >= 0.3 is 0 Å². The van der Waals surface area contributed by atoms with E-state index in [-0.39, 0.29) is 5.91 Å². The number of aromatic nitrogens is 5. The van der Waals surface area contributed by atoms with Crippen LogP contribution in [0, 0.1) is 0 Å². The fraction of sp³-hybridized carbons (Fsp3) is 0.304. The van der Waals surface area contributed by atoms with E-state index in [0.29, 0.717) is 22.9 Å². The van der Waals surface area contributed by atoms with Crippen LogP contribution < -0.4 is 10.2 Å². The molecule has 1 aromatic carbocycles. The topological polar surface area (TPSA) is 115 Å². The normalized spacial score (nSPS) is 14.6. The monoisotopic (exact) mass is 446 g/mol. The Hall–Kier alpha value is -3.76. The van der Waals surface area contributed by atoms with E-state index in [4.69, 9.17) is 4.74 Å². The van der Waals surface area contributed by atoms with Gasteiger partial charge in [-0.3, -0.25) is 14.8 Å². The van der Waals surface area contributed by atoms with Crippen LogP contribution in [-0.4, -0.2) is 82.4 Å². The van der Waals surface area contributed by atoms with E-state index in [1.165, 1.54) is 0 Å². The van der Waals surface area contributed by atoms with E-state index < -0.39 is 0 Å². The largest absolute Gasteiger partial charge is 0.383 e. The number of rotatable bonds is 7. The highest BCUT2D eigenvalue weighted by molar-refractivity contribution is 6.03. The van der Waals surface area contributed by atoms with Gasteiger partial charge in [-0.1, -0.05) is 12.1 Å². The number of aromatic amines is 2. The first-order valence-corrected chi connectivity index (χ1v) is 10.9. The number of H-pyrrole nitrogens is 2. The number of methoxy groups -OCH3 is 1. The first kappa shape index (κ1) is 21.1. The fourth-order valence-electron chi connectivity index (χ4n) is 3.90. The van der Waals surface area contributed by atoms with Crippen LogP contribution in [0.5, 0.6) is 0 Å². The van der Waals surface area contributed by atoms with Crippen molar-refractivity contribution in [2.24, 2.45) is 0 Å². The molecular formula is C23H26N8O2. The molecule has 1 amide bonds. The number of nitrogens with one attached hydrogen (secondary N) is 3. The highest BCUT2D eigenvalue weighted by Gasteiger charge is 2.18. The third-order valence-corrected chi connectivity index (χ3v) is 5.78. The number of fused-ring (bicyclic) bond motifs is 1. The summed E-state index contributed by atoms with van der Waals surface area (Å²) in [5, 5.41) is 9.92. The number of pyridine rings is 1. The lowest BCUT2D eigenvalue weighted by Gasteiger charge is -2.35. The summed E-state index contributed by atoms with van der Waals surface area (Å²) in [6.45, 7) is 5.44. The molecule has 0 radical (unpaired) electrons. The molecule has 0 aliphatic carbocycles. The number of hydrogen-bond donors (Lipinski definition) is 3. The summed E-state index contributed by atoms with van der Waals surface area (Å²) >= 11 is 0. The molecular weight excluding hydrogens is 420 g/mol. The lowest BCUT2D eigenvalue weighted by molar-refractivity contribution is 0.102. The van der Waals surface area contributed by atoms with Crippen molar-refractivity contribution in [2.45, 2.75) is 0 Å². The van der Waals surface area contributed by atoms with Crippen LogP contribution in [-0.2, 0) is 4.74 Å². The van der Waals surface area contributed by atoms with Gasteiger partial charge in [-0.2, -0.15) is 5.10 Å². The van der Waals surface area contributed by atoms with Crippen LogP contribution in [0.15, 0.2) is 48.7 Å². The fourth-order valence-corrected chi connectivity index (χ4v) is 3.90. The molecule has 10 heteroatoms. The smallest absolute Gasteiger partial charge is 0.258 e. The van der Waals surface area contributed by atoms with Crippen molar-refractivity contribution in [2.75, 3.05) is 56.7 Å². The summed E-state index contributed by atoms with van der Waals surface area (Å²) in [5.74, 6) is 1.70. The Labute approximate surface area is 191 Å². The van der Waals surface area contributed by atoms with Gasteiger partial charge in [0.2, 0.25) is 0 Å². The lowest BCUT2D eigenvalue weighted by Crippen LogP contribution is -2.47. The van der Waals surface area contributed by atoms with Crippen LogP contribution in [0.1, 0.15) is 10.4 Å². The van der Waals surface area contributed by atoms with Gasteiger partial charge in [-0.05, 0) is 24.3 Å². The minimum atomic E-state index is -0.263. The first-order valence-electron chi connectivity index (χ1n) is 10.9. The van der Waals surface area contributed by atoms with Gasteiger partial charge in [0.05, 0.1) is 23.2 Å². The number of carbonyl (C=O) groups excluding carboxylic acids is 1. The molecule has 33 heavy (non-hydrogen) atoms. The van der Waals surface area contributed by atoms with Crippen molar-refractivity contribution in [3.8, 4) is 11.5 Å². The maximum absolute atomic E-state index is 12.7. The minimum absolute atomic E-state index is 0.263. The maximum atomic E-state index is 12.7. The highest BCUT2D eigenvalue weighted by atomic mass is 16.5. The Morgan fingerprint density at radius 1 is 1.15 bits per heavy atom. The zero-order valence-electron chi connectivity index (χ0n) is 18.4. The number of anilines is 2. The van der Waals surface area contributed by atoms with Crippen LogP contribution in [0.3, 0.4) is 0 Å². The van der Waals surface area contributed by atoms with Crippen LogP contribution in [0.2, 0.25) is 0 Å². The van der Waals surface area contributed by atoms with Gasteiger partial charge in [-0.15, -0.1) is 0 Å². The van der Waals surface area contributed by atoms with Crippen molar-refractivity contribution < 1.29 is 9.53 Å².